The molecule has 0 bridgehead atoms. The highest BCUT2D eigenvalue weighted by atomic mass is 32.2. The number of ether oxygens (including phenoxy) is 2. The van der Waals surface area contributed by atoms with Crippen LogP contribution in [0, 0.1) is 11.8 Å². The first-order chi connectivity index (χ1) is 12.4. The quantitative estimate of drug-likeness (QED) is 0.595. The molecule has 0 fully saturated rings. The summed E-state index contributed by atoms with van der Waals surface area (Å²) in [6, 6.07) is 13.0. The second kappa shape index (κ2) is 9.04. The van der Waals surface area contributed by atoms with Crippen LogP contribution in [0.5, 0.6) is 11.5 Å². The molecule has 26 heavy (non-hydrogen) atoms. The SMILES string of the molecule is COc1ccccc1OCC#CCNS(=O)(=O)c1cccc(C(C)=O)c1. The van der Waals surface area contributed by atoms with Gasteiger partial charge in [-0.15, -0.1) is 0 Å². The van der Waals surface area contributed by atoms with E-state index in [1.54, 1.807) is 25.3 Å². The van der Waals surface area contributed by atoms with Crippen molar-refractivity contribution >= 4 is 15.8 Å². The van der Waals surface area contributed by atoms with Crippen LogP contribution in [0.4, 0.5) is 0 Å². The molecule has 2 aromatic carbocycles. The molecule has 6 nitrogen and oxygen atoms in total. The summed E-state index contributed by atoms with van der Waals surface area (Å²) in [6.45, 7) is 1.41. The van der Waals surface area contributed by atoms with Gasteiger partial charge in [-0.2, -0.15) is 4.72 Å². The van der Waals surface area contributed by atoms with E-state index in [-0.39, 0.29) is 23.8 Å². The number of para-hydroxylation sites is 2. The Kier molecular flexibility index (Phi) is 6.78. The van der Waals surface area contributed by atoms with Crippen molar-refractivity contribution in [1.82, 2.24) is 4.72 Å². The van der Waals surface area contributed by atoms with Crippen molar-refractivity contribution < 1.29 is 22.7 Å². The van der Waals surface area contributed by atoms with E-state index in [9.17, 15) is 13.2 Å². The number of benzene rings is 2. The average Bonchev–Trinajstić information content (AvgIpc) is 2.65. The Labute approximate surface area is 153 Å². The highest BCUT2D eigenvalue weighted by Gasteiger charge is 2.14. The summed E-state index contributed by atoms with van der Waals surface area (Å²) < 4.78 is 37.4. The highest BCUT2D eigenvalue weighted by Crippen LogP contribution is 2.25. The number of ketones is 1. The molecule has 1 N–H and O–H groups in total. The summed E-state index contributed by atoms with van der Waals surface area (Å²) in [5, 5.41) is 0. The first-order valence-corrected chi connectivity index (χ1v) is 9.24. The van der Waals surface area contributed by atoms with Crippen molar-refractivity contribution in [2.45, 2.75) is 11.8 Å². The van der Waals surface area contributed by atoms with Gasteiger partial charge in [-0.3, -0.25) is 4.79 Å². The molecular weight excluding hydrogens is 354 g/mol. The van der Waals surface area contributed by atoms with Crippen molar-refractivity contribution in [3.8, 4) is 23.3 Å². The molecule has 0 heterocycles. The zero-order valence-corrected chi connectivity index (χ0v) is 15.3. The molecule has 0 aliphatic rings. The van der Waals surface area contributed by atoms with E-state index < -0.39 is 10.0 Å². The summed E-state index contributed by atoms with van der Waals surface area (Å²) in [5.74, 6) is 6.37. The van der Waals surface area contributed by atoms with Crippen molar-refractivity contribution in [3.05, 3.63) is 54.1 Å². The lowest BCUT2D eigenvalue weighted by atomic mass is 10.2. The summed E-state index contributed by atoms with van der Waals surface area (Å²) in [6.07, 6.45) is 0. The standard InChI is InChI=1S/C19H19NO5S/c1-15(21)16-8-7-9-17(14-16)26(22,23)20-12-5-6-13-25-19-11-4-3-10-18(19)24-2/h3-4,7-11,14,20H,12-13H2,1-2H3. The molecule has 2 aromatic rings. The van der Waals surface area contributed by atoms with E-state index in [0.717, 1.165) is 0 Å². The first-order valence-electron chi connectivity index (χ1n) is 7.76. The Morgan fingerprint density at radius 3 is 2.50 bits per heavy atom. The van der Waals surface area contributed by atoms with Gasteiger partial charge in [-0.1, -0.05) is 36.1 Å². The molecule has 0 radical (unpaired) electrons. The normalized spacial score (nSPS) is 10.5. The second-order valence-electron chi connectivity index (χ2n) is 5.20. The molecule has 2 rings (SSSR count). The molecule has 0 saturated heterocycles. The fourth-order valence-corrected chi connectivity index (χ4v) is 3.03. The lowest BCUT2D eigenvalue weighted by Crippen LogP contribution is -2.24. The van der Waals surface area contributed by atoms with Crippen LogP contribution >= 0.6 is 0 Å². The maximum absolute atomic E-state index is 12.2. The lowest BCUT2D eigenvalue weighted by Gasteiger charge is -2.07. The summed E-state index contributed by atoms with van der Waals surface area (Å²) in [5.41, 5.74) is 0.337. The Bertz CT molecular complexity index is 942. The van der Waals surface area contributed by atoms with Crippen LogP contribution in [-0.2, 0) is 10.0 Å². The van der Waals surface area contributed by atoms with Crippen LogP contribution in [0.1, 0.15) is 17.3 Å². The first kappa shape index (κ1) is 19.5. The van der Waals surface area contributed by atoms with E-state index in [0.29, 0.717) is 17.1 Å². The van der Waals surface area contributed by atoms with Crippen LogP contribution in [0.25, 0.3) is 0 Å². The van der Waals surface area contributed by atoms with Crippen molar-refractivity contribution in [2.24, 2.45) is 0 Å². The predicted molar refractivity (Wildman–Crippen MR) is 97.9 cm³/mol. The monoisotopic (exact) mass is 373 g/mol. The summed E-state index contributed by atoms with van der Waals surface area (Å²) in [4.78, 5) is 11.4. The molecule has 0 atom stereocenters. The minimum Gasteiger partial charge on any atom is -0.493 e. The van der Waals surface area contributed by atoms with Gasteiger partial charge in [0.1, 0.15) is 6.61 Å². The molecule has 0 aliphatic carbocycles. The van der Waals surface area contributed by atoms with Gasteiger partial charge in [0.15, 0.2) is 17.3 Å². The topological polar surface area (TPSA) is 81.7 Å². The zero-order chi connectivity index (χ0) is 19.0. The average molecular weight is 373 g/mol. The largest absolute Gasteiger partial charge is 0.493 e. The van der Waals surface area contributed by atoms with Crippen molar-refractivity contribution in [1.29, 1.82) is 0 Å². The number of hydrogen-bond donors (Lipinski definition) is 1. The Balaban J connectivity index is 1.90. The van der Waals surface area contributed by atoms with Gasteiger partial charge >= 0.3 is 0 Å². The third kappa shape index (κ3) is 5.34. The lowest BCUT2D eigenvalue weighted by molar-refractivity contribution is 0.101. The van der Waals surface area contributed by atoms with Crippen molar-refractivity contribution in [2.75, 3.05) is 20.3 Å². The van der Waals surface area contributed by atoms with E-state index in [1.165, 1.54) is 25.1 Å². The minimum atomic E-state index is -3.73. The number of sulfonamides is 1. The molecule has 0 spiro atoms. The molecule has 136 valence electrons. The molecular formula is C19H19NO5S. The smallest absolute Gasteiger partial charge is 0.241 e. The van der Waals surface area contributed by atoms with Gasteiger partial charge < -0.3 is 9.47 Å². The molecule has 0 aromatic heterocycles. The molecule has 0 unspecified atom stereocenters. The maximum Gasteiger partial charge on any atom is 0.241 e. The summed E-state index contributed by atoms with van der Waals surface area (Å²) >= 11 is 0. The van der Waals surface area contributed by atoms with Crippen LogP contribution in [0.3, 0.4) is 0 Å². The number of nitrogens with one attached hydrogen (secondary N) is 1. The van der Waals surface area contributed by atoms with E-state index in [2.05, 4.69) is 16.6 Å². The Hall–Kier alpha value is -2.82. The number of carbonyl (C=O) groups excluding carboxylic acids is 1. The third-order valence-corrected chi connectivity index (χ3v) is 4.79. The Morgan fingerprint density at radius 1 is 1.08 bits per heavy atom. The van der Waals surface area contributed by atoms with Gasteiger partial charge in [0, 0.05) is 5.56 Å². The van der Waals surface area contributed by atoms with Crippen LogP contribution in [-0.4, -0.2) is 34.5 Å². The molecule has 0 amide bonds. The molecule has 7 heteroatoms. The van der Waals surface area contributed by atoms with Gasteiger partial charge in [-0.25, -0.2) is 8.42 Å². The molecule has 0 aliphatic heterocycles. The fourth-order valence-electron chi connectivity index (χ4n) is 2.06. The number of rotatable bonds is 7. The van der Waals surface area contributed by atoms with Crippen LogP contribution in [0.2, 0.25) is 0 Å². The summed E-state index contributed by atoms with van der Waals surface area (Å²) in [7, 11) is -2.19. The minimum absolute atomic E-state index is 0.0253. The third-order valence-electron chi connectivity index (χ3n) is 3.40. The predicted octanol–water partition coefficient (Wildman–Crippen LogP) is 2.26. The molecule has 0 saturated carbocycles. The second-order valence-corrected chi connectivity index (χ2v) is 6.97. The van der Waals surface area contributed by atoms with E-state index >= 15 is 0 Å². The van der Waals surface area contributed by atoms with Gasteiger partial charge in [-0.05, 0) is 31.2 Å². The van der Waals surface area contributed by atoms with Gasteiger partial charge in [0.25, 0.3) is 0 Å². The number of hydrogen-bond acceptors (Lipinski definition) is 5. The van der Waals surface area contributed by atoms with Gasteiger partial charge in [0.2, 0.25) is 10.0 Å². The Morgan fingerprint density at radius 2 is 1.81 bits per heavy atom. The van der Waals surface area contributed by atoms with E-state index in [4.69, 9.17) is 9.47 Å². The number of Topliss-reactive ketones (excluding diaryl/α,β-unsaturated/α-hetero) is 1. The fraction of sp³-hybridized carbons (Fsp3) is 0.211. The number of methoxy groups -OCH3 is 1. The highest BCUT2D eigenvalue weighted by molar-refractivity contribution is 7.89. The van der Waals surface area contributed by atoms with Gasteiger partial charge in [0.05, 0.1) is 18.6 Å². The van der Waals surface area contributed by atoms with Crippen molar-refractivity contribution in [3.63, 3.8) is 0 Å². The van der Waals surface area contributed by atoms with E-state index in [1.807, 2.05) is 12.1 Å². The zero-order valence-electron chi connectivity index (χ0n) is 14.5. The van der Waals surface area contributed by atoms with Crippen LogP contribution in [0.15, 0.2) is 53.4 Å². The van der Waals surface area contributed by atoms with Crippen LogP contribution < -0.4 is 14.2 Å². The number of carbonyl (C=O) groups is 1. The maximum atomic E-state index is 12.2.